The number of hydrogen-bond acceptors (Lipinski definition) is 5. The third kappa shape index (κ3) is 3.49. The monoisotopic (exact) mass is 336 g/mol. The van der Waals surface area contributed by atoms with Crippen LogP contribution in [-0.4, -0.2) is 37.0 Å². The summed E-state index contributed by atoms with van der Waals surface area (Å²) in [6.45, 7) is 0.412. The van der Waals surface area contributed by atoms with Gasteiger partial charge in [-0.2, -0.15) is 0 Å². The van der Waals surface area contributed by atoms with Crippen LogP contribution in [0, 0.1) is 17.7 Å². The van der Waals surface area contributed by atoms with Gasteiger partial charge in [0.05, 0.1) is 25.6 Å². The van der Waals surface area contributed by atoms with Crippen LogP contribution in [0.25, 0.3) is 0 Å². The van der Waals surface area contributed by atoms with E-state index in [9.17, 15) is 14.3 Å². The van der Waals surface area contributed by atoms with E-state index in [1.807, 2.05) is 6.08 Å². The van der Waals surface area contributed by atoms with E-state index >= 15 is 0 Å². The minimum absolute atomic E-state index is 0.0358. The minimum Gasteiger partial charge on any atom is -0.500 e. The first-order chi connectivity index (χ1) is 11.6. The lowest BCUT2D eigenvalue weighted by molar-refractivity contribution is -0.137. The standard InChI is InChI=1S/C17H17FO4.CH4O/c1-21-17(20)15-9-22-8-14-12(15)6-7-13(14)16(19)10-2-4-11(18)5-3-10;1-2/h2-5,7,9,12,14,16,19H,6,8H2,1H3;2H,1H3. The second kappa shape index (κ2) is 8.08. The van der Waals surface area contributed by atoms with Gasteiger partial charge in [0.25, 0.3) is 0 Å². The molecule has 6 heteroatoms. The van der Waals surface area contributed by atoms with Crippen LogP contribution in [0.4, 0.5) is 4.39 Å². The van der Waals surface area contributed by atoms with Gasteiger partial charge in [-0.3, -0.25) is 0 Å². The van der Waals surface area contributed by atoms with Crippen LogP contribution in [0.3, 0.4) is 0 Å². The summed E-state index contributed by atoms with van der Waals surface area (Å²) in [7, 11) is 2.34. The second-order valence-corrected chi connectivity index (χ2v) is 5.51. The Bertz CT molecular complexity index is 635. The zero-order valence-corrected chi connectivity index (χ0v) is 13.6. The molecule has 1 aliphatic carbocycles. The zero-order chi connectivity index (χ0) is 17.7. The topological polar surface area (TPSA) is 76.0 Å². The molecule has 0 radical (unpaired) electrons. The van der Waals surface area contributed by atoms with E-state index in [1.54, 1.807) is 12.1 Å². The van der Waals surface area contributed by atoms with Crippen molar-refractivity contribution in [2.75, 3.05) is 20.8 Å². The Balaban J connectivity index is 0.00000100. The molecule has 0 fully saturated rings. The summed E-state index contributed by atoms with van der Waals surface area (Å²) < 4.78 is 23.2. The summed E-state index contributed by atoms with van der Waals surface area (Å²) >= 11 is 0. The van der Waals surface area contributed by atoms with Crippen LogP contribution in [-0.2, 0) is 14.3 Å². The van der Waals surface area contributed by atoms with Crippen molar-refractivity contribution in [1.29, 1.82) is 0 Å². The van der Waals surface area contributed by atoms with Gasteiger partial charge in [0.2, 0.25) is 0 Å². The predicted octanol–water partition coefficient (Wildman–Crippen LogP) is 2.12. The average molecular weight is 336 g/mol. The molecule has 0 bridgehead atoms. The number of aliphatic hydroxyl groups is 2. The van der Waals surface area contributed by atoms with Gasteiger partial charge in [-0.25, -0.2) is 9.18 Å². The molecule has 2 aliphatic rings. The fourth-order valence-corrected chi connectivity index (χ4v) is 3.17. The molecule has 0 saturated carbocycles. The number of hydrogen-bond donors (Lipinski definition) is 2. The van der Waals surface area contributed by atoms with Gasteiger partial charge in [-0.15, -0.1) is 0 Å². The number of methoxy groups -OCH3 is 1. The van der Waals surface area contributed by atoms with E-state index in [0.717, 1.165) is 12.7 Å². The summed E-state index contributed by atoms with van der Waals surface area (Å²) in [5.41, 5.74) is 1.94. The fraction of sp³-hybridized carbons (Fsp3) is 0.389. The highest BCUT2D eigenvalue weighted by Gasteiger charge is 2.40. The molecule has 0 aromatic heterocycles. The highest BCUT2D eigenvalue weighted by atomic mass is 19.1. The molecule has 24 heavy (non-hydrogen) atoms. The van der Waals surface area contributed by atoms with Crippen molar-refractivity contribution in [2.24, 2.45) is 11.8 Å². The Morgan fingerprint density at radius 1 is 1.29 bits per heavy atom. The van der Waals surface area contributed by atoms with Gasteiger partial charge in [-0.1, -0.05) is 18.2 Å². The van der Waals surface area contributed by atoms with Gasteiger partial charge >= 0.3 is 5.97 Å². The Morgan fingerprint density at radius 3 is 2.58 bits per heavy atom. The van der Waals surface area contributed by atoms with Gasteiger partial charge in [0.1, 0.15) is 11.9 Å². The maximum atomic E-state index is 13.0. The quantitative estimate of drug-likeness (QED) is 0.653. The summed E-state index contributed by atoms with van der Waals surface area (Å²) in [5, 5.41) is 17.6. The van der Waals surface area contributed by atoms with E-state index in [1.165, 1.54) is 25.5 Å². The van der Waals surface area contributed by atoms with Crippen molar-refractivity contribution < 1.29 is 28.9 Å². The van der Waals surface area contributed by atoms with Crippen molar-refractivity contribution >= 4 is 5.97 Å². The molecule has 5 nitrogen and oxygen atoms in total. The van der Waals surface area contributed by atoms with Gasteiger partial charge in [-0.05, 0) is 29.7 Å². The SMILES string of the molecule is CO.COC(=O)C1=COCC2C(C(O)c3ccc(F)cc3)=CCC12. The lowest BCUT2D eigenvalue weighted by atomic mass is 9.82. The maximum Gasteiger partial charge on any atom is 0.337 e. The fourth-order valence-electron chi connectivity index (χ4n) is 3.17. The molecule has 3 atom stereocenters. The minimum atomic E-state index is -0.823. The zero-order valence-electron chi connectivity index (χ0n) is 13.6. The molecule has 2 N–H and O–H groups in total. The third-order valence-electron chi connectivity index (χ3n) is 4.33. The normalized spacial score (nSPS) is 22.9. The van der Waals surface area contributed by atoms with Crippen molar-refractivity contribution in [2.45, 2.75) is 12.5 Å². The number of fused-ring (bicyclic) bond motifs is 1. The third-order valence-corrected chi connectivity index (χ3v) is 4.33. The molecule has 1 aromatic rings. The number of benzene rings is 1. The molecule has 1 aromatic carbocycles. The number of esters is 1. The molecule has 1 aliphatic heterocycles. The molecule has 1 heterocycles. The number of aliphatic hydroxyl groups excluding tert-OH is 2. The number of carbonyl (C=O) groups is 1. The molecular weight excluding hydrogens is 315 g/mol. The van der Waals surface area contributed by atoms with E-state index < -0.39 is 12.1 Å². The summed E-state index contributed by atoms with van der Waals surface area (Å²) in [5.74, 6) is -0.850. The highest BCUT2D eigenvalue weighted by molar-refractivity contribution is 5.89. The number of rotatable bonds is 3. The molecule has 130 valence electrons. The molecule has 3 unspecified atom stereocenters. The van der Waals surface area contributed by atoms with Gasteiger partial charge in [0.15, 0.2) is 0 Å². The molecule has 0 amide bonds. The molecular formula is C18H21FO5. The van der Waals surface area contributed by atoms with Crippen molar-refractivity contribution in [3.63, 3.8) is 0 Å². The number of ether oxygens (including phenoxy) is 2. The number of allylic oxidation sites excluding steroid dienone is 1. The van der Waals surface area contributed by atoms with Crippen LogP contribution < -0.4 is 0 Å². The Morgan fingerprint density at radius 2 is 1.96 bits per heavy atom. The lowest BCUT2D eigenvalue weighted by Crippen LogP contribution is -2.28. The Hall–Kier alpha value is -2.18. The second-order valence-electron chi connectivity index (χ2n) is 5.51. The van der Waals surface area contributed by atoms with E-state index in [-0.39, 0.29) is 17.7 Å². The van der Waals surface area contributed by atoms with Crippen LogP contribution in [0.1, 0.15) is 18.1 Å². The summed E-state index contributed by atoms with van der Waals surface area (Å²) in [4.78, 5) is 11.8. The van der Waals surface area contributed by atoms with Crippen LogP contribution in [0.2, 0.25) is 0 Å². The Kier molecular flexibility index (Phi) is 6.11. The number of halogens is 1. The largest absolute Gasteiger partial charge is 0.500 e. The van der Waals surface area contributed by atoms with E-state index in [2.05, 4.69) is 0 Å². The molecule has 3 rings (SSSR count). The average Bonchev–Trinajstić information content (AvgIpc) is 3.07. The summed E-state index contributed by atoms with van der Waals surface area (Å²) in [6, 6.07) is 5.77. The van der Waals surface area contributed by atoms with Crippen LogP contribution >= 0.6 is 0 Å². The predicted molar refractivity (Wildman–Crippen MR) is 85.2 cm³/mol. The summed E-state index contributed by atoms with van der Waals surface area (Å²) in [6.07, 6.45) is 3.22. The highest BCUT2D eigenvalue weighted by Crippen LogP contribution is 2.44. The van der Waals surface area contributed by atoms with E-state index in [0.29, 0.717) is 24.2 Å². The van der Waals surface area contributed by atoms with Gasteiger partial charge < -0.3 is 19.7 Å². The van der Waals surface area contributed by atoms with E-state index in [4.69, 9.17) is 14.6 Å². The van der Waals surface area contributed by atoms with Crippen LogP contribution in [0.5, 0.6) is 0 Å². The van der Waals surface area contributed by atoms with Gasteiger partial charge in [0, 0.05) is 18.9 Å². The smallest absolute Gasteiger partial charge is 0.337 e. The first-order valence-corrected chi connectivity index (χ1v) is 7.60. The first-order valence-electron chi connectivity index (χ1n) is 7.60. The van der Waals surface area contributed by atoms with Crippen molar-refractivity contribution in [1.82, 2.24) is 0 Å². The Labute approximate surface area is 140 Å². The van der Waals surface area contributed by atoms with Crippen molar-refractivity contribution in [3.05, 3.63) is 59.1 Å². The van der Waals surface area contributed by atoms with Crippen LogP contribution in [0.15, 0.2) is 47.7 Å². The maximum absolute atomic E-state index is 13.0. The number of carbonyl (C=O) groups excluding carboxylic acids is 1. The molecule has 0 saturated heterocycles. The molecule has 0 spiro atoms. The van der Waals surface area contributed by atoms with Crippen molar-refractivity contribution in [3.8, 4) is 0 Å². The first kappa shape index (κ1) is 18.2. The lowest BCUT2D eigenvalue weighted by Gasteiger charge is -2.29.